The van der Waals surface area contributed by atoms with Crippen molar-refractivity contribution < 1.29 is 0 Å². The van der Waals surface area contributed by atoms with Crippen LogP contribution < -0.4 is 5.32 Å². The maximum atomic E-state index is 4.42. The van der Waals surface area contributed by atoms with E-state index >= 15 is 0 Å². The first kappa shape index (κ1) is 12.5. The minimum atomic E-state index is 0.292. The first-order valence-electron chi connectivity index (χ1n) is 6.56. The van der Waals surface area contributed by atoms with Gasteiger partial charge in [-0.05, 0) is 38.0 Å². The highest BCUT2D eigenvalue weighted by atomic mass is 15.0. The highest BCUT2D eigenvalue weighted by Gasteiger charge is 2.44. The van der Waals surface area contributed by atoms with Crippen LogP contribution >= 0.6 is 0 Å². The van der Waals surface area contributed by atoms with Gasteiger partial charge in [0.25, 0.3) is 0 Å². The predicted molar refractivity (Wildman–Crippen MR) is 69.7 cm³/mol. The fraction of sp³-hybridized carbons (Fsp3) is 0.714. The molecule has 0 amide bonds. The van der Waals surface area contributed by atoms with Gasteiger partial charge in [0, 0.05) is 25.0 Å². The van der Waals surface area contributed by atoms with Gasteiger partial charge in [0.05, 0.1) is 11.4 Å². The summed E-state index contributed by atoms with van der Waals surface area (Å²) in [5, 5.41) is 3.62. The van der Waals surface area contributed by atoms with E-state index in [9.17, 15) is 0 Å². The van der Waals surface area contributed by atoms with E-state index < -0.39 is 0 Å². The third-order valence-corrected chi connectivity index (χ3v) is 4.21. The van der Waals surface area contributed by atoms with E-state index in [4.69, 9.17) is 0 Å². The summed E-state index contributed by atoms with van der Waals surface area (Å²) in [6, 6.07) is 0.292. The van der Waals surface area contributed by atoms with Crippen LogP contribution in [0.5, 0.6) is 0 Å². The van der Waals surface area contributed by atoms with Gasteiger partial charge in [-0.15, -0.1) is 0 Å². The summed E-state index contributed by atoms with van der Waals surface area (Å²) in [4.78, 5) is 8.71. The molecule has 1 aliphatic rings. The maximum absolute atomic E-state index is 4.42. The molecular weight excluding hydrogens is 210 g/mol. The summed E-state index contributed by atoms with van der Waals surface area (Å²) >= 11 is 0. The van der Waals surface area contributed by atoms with Gasteiger partial charge in [-0.3, -0.25) is 9.97 Å². The Labute approximate surface area is 104 Å². The molecule has 1 fully saturated rings. The van der Waals surface area contributed by atoms with Crippen LogP contribution in [-0.2, 0) is 0 Å². The van der Waals surface area contributed by atoms with Crippen LogP contribution in [0, 0.1) is 18.3 Å². The van der Waals surface area contributed by atoms with Crippen molar-refractivity contribution in [3.63, 3.8) is 0 Å². The van der Waals surface area contributed by atoms with Crippen molar-refractivity contribution in [2.45, 2.75) is 46.6 Å². The van der Waals surface area contributed by atoms with E-state index in [1.807, 2.05) is 6.92 Å². The molecule has 1 heterocycles. The van der Waals surface area contributed by atoms with Crippen molar-refractivity contribution in [1.29, 1.82) is 0 Å². The quantitative estimate of drug-likeness (QED) is 0.849. The van der Waals surface area contributed by atoms with Crippen molar-refractivity contribution >= 4 is 0 Å². The van der Waals surface area contributed by atoms with Crippen LogP contribution in [0.3, 0.4) is 0 Å². The molecule has 0 saturated heterocycles. The molecule has 94 valence electrons. The van der Waals surface area contributed by atoms with Crippen molar-refractivity contribution in [1.82, 2.24) is 15.3 Å². The average Bonchev–Trinajstić information content (AvgIpc) is 3.07. The molecule has 1 aliphatic carbocycles. The summed E-state index contributed by atoms with van der Waals surface area (Å²) in [5.74, 6) is 0.769. The van der Waals surface area contributed by atoms with Crippen molar-refractivity contribution in [2.75, 3.05) is 6.54 Å². The minimum absolute atomic E-state index is 0.292. The molecule has 17 heavy (non-hydrogen) atoms. The van der Waals surface area contributed by atoms with E-state index in [1.54, 1.807) is 12.4 Å². The second kappa shape index (κ2) is 4.73. The Hall–Kier alpha value is -0.960. The summed E-state index contributed by atoms with van der Waals surface area (Å²) < 4.78 is 0. The summed E-state index contributed by atoms with van der Waals surface area (Å²) in [6.45, 7) is 9.95. The largest absolute Gasteiger partial charge is 0.308 e. The number of nitrogens with zero attached hydrogens (tertiary/aromatic N) is 2. The Morgan fingerprint density at radius 1 is 1.24 bits per heavy atom. The summed E-state index contributed by atoms with van der Waals surface area (Å²) in [6.07, 6.45) is 6.26. The molecule has 0 radical (unpaired) electrons. The first-order chi connectivity index (χ1) is 8.05. The van der Waals surface area contributed by atoms with Crippen molar-refractivity contribution in [3.8, 4) is 0 Å². The Morgan fingerprint density at radius 3 is 2.41 bits per heavy atom. The molecule has 2 rings (SSSR count). The summed E-state index contributed by atoms with van der Waals surface area (Å²) in [7, 11) is 0. The second-order valence-corrected chi connectivity index (χ2v) is 5.65. The van der Waals surface area contributed by atoms with Crippen LogP contribution in [-0.4, -0.2) is 16.5 Å². The highest BCUT2D eigenvalue weighted by Crippen LogP contribution is 2.51. The zero-order chi connectivity index (χ0) is 12.5. The lowest BCUT2D eigenvalue weighted by Crippen LogP contribution is -2.30. The normalized spacial score (nSPS) is 19.4. The summed E-state index contributed by atoms with van der Waals surface area (Å²) in [5.41, 5.74) is 2.65. The Morgan fingerprint density at radius 2 is 1.88 bits per heavy atom. The maximum Gasteiger partial charge on any atom is 0.0782 e. The molecule has 1 aromatic heterocycles. The third kappa shape index (κ3) is 2.65. The fourth-order valence-corrected chi connectivity index (χ4v) is 2.42. The van der Waals surface area contributed by atoms with E-state index in [1.165, 1.54) is 12.8 Å². The van der Waals surface area contributed by atoms with E-state index in [2.05, 4.69) is 36.1 Å². The van der Waals surface area contributed by atoms with Gasteiger partial charge in [0.1, 0.15) is 0 Å². The number of aryl methyl sites for hydroxylation is 1. The lowest BCUT2D eigenvalue weighted by molar-refractivity contribution is 0.323. The topological polar surface area (TPSA) is 37.8 Å². The SMILES string of the molecule is Cc1nccnc1C(C)NCC1(C(C)C)CC1. The molecule has 0 aromatic carbocycles. The van der Waals surface area contributed by atoms with Gasteiger partial charge in [-0.2, -0.15) is 0 Å². The van der Waals surface area contributed by atoms with Gasteiger partial charge in [0.15, 0.2) is 0 Å². The molecule has 1 N–H and O–H groups in total. The van der Waals surface area contributed by atoms with Crippen LogP contribution in [0.25, 0.3) is 0 Å². The fourth-order valence-electron chi connectivity index (χ4n) is 2.42. The first-order valence-corrected chi connectivity index (χ1v) is 6.56. The smallest absolute Gasteiger partial charge is 0.0782 e. The van der Waals surface area contributed by atoms with Crippen molar-refractivity contribution in [2.24, 2.45) is 11.3 Å². The lowest BCUT2D eigenvalue weighted by Gasteiger charge is -2.23. The number of aromatic nitrogens is 2. The molecule has 1 aromatic rings. The monoisotopic (exact) mass is 233 g/mol. The standard InChI is InChI=1S/C14H23N3/c1-10(2)14(5-6-14)9-17-12(4)13-11(3)15-7-8-16-13/h7-8,10,12,17H,5-6,9H2,1-4H3. The Balaban J connectivity index is 1.94. The molecule has 0 bridgehead atoms. The third-order valence-electron chi connectivity index (χ3n) is 4.21. The number of nitrogens with one attached hydrogen (secondary N) is 1. The number of hydrogen-bond donors (Lipinski definition) is 1. The van der Waals surface area contributed by atoms with E-state index in [-0.39, 0.29) is 0 Å². The van der Waals surface area contributed by atoms with Gasteiger partial charge >= 0.3 is 0 Å². The van der Waals surface area contributed by atoms with E-state index in [0.717, 1.165) is 23.9 Å². The zero-order valence-electron chi connectivity index (χ0n) is 11.3. The molecule has 0 spiro atoms. The Kier molecular flexibility index (Phi) is 3.48. The number of rotatable bonds is 5. The van der Waals surface area contributed by atoms with Crippen LogP contribution in [0.1, 0.15) is 51.0 Å². The average molecular weight is 233 g/mol. The molecule has 1 atom stereocenters. The predicted octanol–water partition coefficient (Wildman–Crippen LogP) is 2.87. The molecule has 0 aliphatic heterocycles. The van der Waals surface area contributed by atoms with Crippen LogP contribution in [0.4, 0.5) is 0 Å². The number of hydrogen-bond acceptors (Lipinski definition) is 3. The van der Waals surface area contributed by atoms with Gasteiger partial charge < -0.3 is 5.32 Å². The molecular formula is C14H23N3. The van der Waals surface area contributed by atoms with Crippen LogP contribution in [0.2, 0.25) is 0 Å². The molecule has 3 nitrogen and oxygen atoms in total. The minimum Gasteiger partial charge on any atom is -0.308 e. The van der Waals surface area contributed by atoms with Gasteiger partial charge in [0.2, 0.25) is 0 Å². The molecule has 1 unspecified atom stereocenters. The molecule has 3 heteroatoms. The highest BCUT2D eigenvalue weighted by molar-refractivity contribution is 5.12. The second-order valence-electron chi connectivity index (χ2n) is 5.65. The van der Waals surface area contributed by atoms with Gasteiger partial charge in [-0.1, -0.05) is 13.8 Å². The van der Waals surface area contributed by atoms with Crippen LogP contribution in [0.15, 0.2) is 12.4 Å². The lowest BCUT2D eigenvalue weighted by atomic mass is 9.92. The van der Waals surface area contributed by atoms with E-state index in [0.29, 0.717) is 11.5 Å². The van der Waals surface area contributed by atoms with Gasteiger partial charge in [-0.25, -0.2) is 0 Å². The Bertz CT molecular complexity index is 383. The van der Waals surface area contributed by atoms with Crippen molar-refractivity contribution in [3.05, 3.63) is 23.8 Å². The molecule has 1 saturated carbocycles. The zero-order valence-corrected chi connectivity index (χ0v) is 11.3.